The van der Waals surface area contributed by atoms with Crippen molar-refractivity contribution in [1.29, 1.82) is 5.26 Å². The number of nitrogens with zero attached hydrogens (tertiary/aromatic N) is 2. The Labute approximate surface area is 189 Å². The lowest BCUT2D eigenvalue weighted by Gasteiger charge is -2.71. The second kappa shape index (κ2) is 8.54. The summed E-state index contributed by atoms with van der Waals surface area (Å²) >= 11 is 5.62. The van der Waals surface area contributed by atoms with Crippen molar-refractivity contribution in [1.82, 2.24) is 15.6 Å². The lowest BCUT2D eigenvalue weighted by molar-refractivity contribution is -0.152. The molecule has 3 saturated carbocycles. The van der Waals surface area contributed by atoms with Crippen molar-refractivity contribution in [2.45, 2.75) is 43.5 Å². The van der Waals surface area contributed by atoms with Crippen molar-refractivity contribution in [3.63, 3.8) is 0 Å². The van der Waals surface area contributed by atoms with E-state index in [-0.39, 0.29) is 41.0 Å². The smallest absolute Gasteiger partial charge is 0.258 e. The number of aryl methyl sites for hydroxylation is 1. The van der Waals surface area contributed by atoms with Crippen LogP contribution >= 0.6 is 11.6 Å². The van der Waals surface area contributed by atoms with Crippen LogP contribution < -0.4 is 20.1 Å². The molecule has 5 rings (SSSR count). The van der Waals surface area contributed by atoms with Gasteiger partial charge < -0.3 is 19.9 Å². The van der Waals surface area contributed by atoms with Gasteiger partial charge in [0, 0.05) is 17.1 Å². The maximum atomic E-state index is 13.4. The molecule has 0 spiro atoms. The number of ether oxygens (including phenoxy) is 2. The van der Waals surface area contributed by atoms with E-state index in [1.807, 2.05) is 6.07 Å². The molecule has 3 N–H and O–H groups in total. The van der Waals surface area contributed by atoms with Crippen LogP contribution in [0.1, 0.15) is 30.5 Å². The molecule has 10 heteroatoms. The van der Waals surface area contributed by atoms with Crippen molar-refractivity contribution in [2.75, 3.05) is 13.2 Å². The predicted octanol–water partition coefficient (Wildman–Crippen LogP) is 2.21. The van der Waals surface area contributed by atoms with Gasteiger partial charge in [-0.3, -0.25) is 10.1 Å². The second-order valence-electron chi connectivity index (χ2n) is 8.42. The van der Waals surface area contributed by atoms with Gasteiger partial charge in [-0.25, -0.2) is 9.37 Å². The van der Waals surface area contributed by atoms with Crippen LogP contribution in [-0.2, 0) is 4.79 Å². The van der Waals surface area contributed by atoms with E-state index >= 15 is 0 Å². The zero-order valence-electron chi connectivity index (χ0n) is 17.3. The van der Waals surface area contributed by atoms with Crippen molar-refractivity contribution in [2.24, 2.45) is 0 Å². The molecular weight excluding hydrogens is 439 g/mol. The quantitative estimate of drug-likeness (QED) is 0.491. The third-order valence-corrected chi connectivity index (χ3v) is 6.04. The maximum absolute atomic E-state index is 13.4. The molecule has 0 radical (unpaired) electrons. The van der Waals surface area contributed by atoms with Crippen LogP contribution in [-0.4, -0.2) is 46.5 Å². The van der Waals surface area contributed by atoms with E-state index in [1.165, 1.54) is 18.3 Å². The summed E-state index contributed by atoms with van der Waals surface area (Å²) in [6.07, 6.45) is 2.63. The van der Waals surface area contributed by atoms with E-state index in [0.29, 0.717) is 36.3 Å². The lowest BCUT2D eigenvalue weighted by Crippen LogP contribution is -2.84. The van der Waals surface area contributed by atoms with E-state index < -0.39 is 12.0 Å². The van der Waals surface area contributed by atoms with Gasteiger partial charge in [0.1, 0.15) is 41.9 Å². The van der Waals surface area contributed by atoms with Gasteiger partial charge in [0.2, 0.25) is 0 Å². The number of amides is 1. The van der Waals surface area contributed by atoms with Crippen LogP contribution in [0.25, 0.3) is 0 Å². The summed E-state index contributed by atoms with van der Waals surface area (Å²) < 4.78 is 24.3. The Bertz CT molecular complexity index is 1070. The van der Waals surface area contributed by atoms with E-state index in [1.54, 1.807) is 13.0 Å². The Balaban J connectivity index is 1.17. The third kappa shape index (κ3) is 4.63. The molecule has 1 unspecified atom stereocenters. The highest BCUT2D eigenvalue weighted by Crippen LogP contribution is 2.60. The summed E-state index contributed by atoms with van der Waals surface area (Å²) in [7, 11) is 0. The maximum Gasteiger partial charge on any atom is 0.258 e. The first-order valence-electron chi connectivity index (χ1n) is 10.1. The summed E-state index contributed by atoms with van der Waals surface area (Å²) in [6, 6.07) is 7.69. The van der Waals surface area contributed by atoms with Gasteiger partial charge in [0.25, 0.3) is 5.91 Å². The fourth-order valence-corrected chi connectivity index (χ4v) is 4.55. The van der Waals surface area contributed by atoms with Gasteiger partial charge >= 0.3 is 0 Å². The van der Waals surface area contributed by atoms with Gasteiger partial charge in [-0.2, -0.15) is 5.26 Å². The van der Waals surface area contributed by atoms with Crippen molar-refractivity contribution in [3.05, 3.63) is 52.6 Å². The van der Waals surface area contributed by atoms with Gasteiger partial charge in [0.15, 0.2) is 6.61 Å². The summed E-state index contributed by atoms with van der Waals surface area (Å²) in [6.45, 7) is 1.57. The summed E-state index contributed by atoms with van der Waals surface area (Å²) in [5.41, 5.74) is 0.514. The number of pyridine rings is 1. The topological polar surface area (TPSA) is 116 Å². The molecule has 32 heavy (non-hydrogen) atoms. The van der Waals surface area contributed by atoms with Gasteiger partial charge in [-0.1, -0.05) is 11.6 Å². The molecule has 1 amide bonds. The van der Waals surface area contributed by atoms with E-state index in [0.717, 1.165) is 6.07 Å². The fourth-order valence-electron chi connectivity index (χ4n) is 4.44. The van der Waals surface area contributed by atoms with Crippen LogP contribution in [0.3, 0.4) is 0 Å². The number of aliphatic hydroxyl groups is 1. The number of aliphatic hydroxyl groups excluding tert-OH is 1. The Morgan fingerprint density at radius 3 is 2.72 bits per heavy atom. The van der Waals surface area contributed by atoms with Crippen LogP contribution in [0.5, 0.6) is 11.5 Å². The minimum absolute atomic E-state index is 0.00950. The van der Waals surface area contributed by atoms with Crippen LogP contribution in [0.15, 0.2) is 30.5 Å². The summed E-state index contributed by atoms with van der Waals surface area (Å²) in [5, 5.41) is 25.3. The zero-order chi connectivity index (χ0) is 22.9. The third-order valence-electron chi connectivity index (χ3n) is 5.74. The first-order valence-corrected chi connectivity index (χ1v) is 10.4. The highest BCUT2D eigenvalue weighted by Gasteiger charge is 2.68. The molecular formula is C22H22ClFN4O4. The number of halogens is 2. The lowest BCUT2D eigenvalue weighted by atomic mass is 9.44. The molecule has 3 aliphatic carbocycles. The Kier molecular flexibility index (Phi) is 5.95. The van der Waals surface area contributed by atoms with Crippen LogP contribution in [0.4, 0.5) is 4.39 Å². The molecule has 2 aromatic rings. The van der Waals surface area contributed by atoms with Gasteiger partial charge in [-0.15, -0.1) is 0 Å². The van der Waals surface area contributed by atoms with E-state index in [9.17, 15) is 14.3 Å². The number of nitrogens with one attached hydrogen (secondary N) is 2. The minimum Gasteiger partial charge on any atom is -0.488 e. The SMILES string of the molecule is Cc1cc(OCC(O)NC23CC(NC(=O)COc4ccc(Cl)c(F)c4)(C2)C3)cnc1C#N. The molecule has 1 aromatic heterocycles. The van der Waals surface area contributed by atoms with Crippen LogP contribution in [0, 0.1) is 24.1 Å². The molecule has 1 aromatic carbocycles. The summed E-state index contributed by atoms with van der Waals surface area (Å²) in [5.74, 6) is -0.191. The standard InChI is InChI=1S/C22H22ClFN4O4/c1-13-4-15(7-26-18(13)6-25)32-9-20(30)28-22-10-21(11-22,12-22)27-19(29)8-31-14-2-3-16(23)17(24)5-14/h2-5,7,20,28,30H,8-12H2,1H3,(H,27,29). The average molecular weight is 461 g/mol. The van der Waals surface area contributed by atoms with Crippen molar-refractivity contribution < 1.29 is 23.8 Å². The van der Waals surface area contributed by atoms with E-state index in [2.05, 4.69) is 15.6 Å². The molecule has 168 valence electrons. The molecule has 3 fully saturated rings. The van der Waals surface area contributed by atoms with Crippen molar-refractivity contribution in [3.8, 4) is 17.6 Å². The number of benzene rings is 1. The highest BCUT2D eigenvalue weighted by molar-refractivity contribution is 6.30. The van der Waals surface area contributed by atoms with Gasteiger partial charge in [0.05, 0.1) is 11.2 Å². The number of aromatic nitrogens is 1. The Morgan fingerprint density at radius 2 is 2.06 bits per heavy atom. The Hall–Kier alpha value is -2.93. The number of hydrogen-bond donors (Lipinski definition) is 3. The summed E-state index contributed by atoms with van der Waals surface area (Å²) in [4.78, 5) is 16.2. The molecule has 2 bridgehead atoms. The second-order valence-corrected chi connectivity index (χ2v) is 8.83. The normalized spacial score (nSPS) is 23.8. The average Bonchev–Trinajstić information content (AvgIpc) is 2.70. The minimum atomic E-state index is -0.886. The van der Waals surface area contributed by atoms with Crippen LogP contribution in [0.2, 0.25) is 5.02 Å². The highest BCUT2D eigenvalue weighted by atomic mass is 35.5. The number of rotatable bonds is 9. The van der Waals surface area contributed by atoms with Crippen molar-refractivity contribution >= 4 is 17.5 Å². The van der Waals surface area contributed by atoms with E-state index in [4.69, 9.17) is 26.3 Å². The number of carbonyl (C=O) groups is 1. The number of nitriles is 1. The monoisotopic (exact) mass is 460 g/mol. The molecule has 8 nitrogen and oxygen atoms in total. The largest absolute Gasteiger partial charge is 0.488 e. The molecule has 1 heterocycles. The predicted molar refractivity (Wildman–Crippen MR) is 113 cm³/mol. The fraction of sp³-hybridized carbons (Fsp3) is 0.409. The first kappa shape index (κ1) is 22.3. The number of carbonyl (C=O) groups excluding carboxylic acids is 1. The molecule has 0 aliphatic heterocycles. The van der Waals surface area contributed by atoms with Gasteiger partial charge in [-0.05, 0) is 49.9 Å². The number of hydrogen-bond acceptors (Lipinski definition) is 7. The molecule has 1 atom stereocenters. The molecule has 0 saturated heterocycles. The Morgan fingerprint density at radius 1 is 1.31 bits per heavy atom. The first-order chi connectivity index (χ1) is 15.2. The zero-order valence-corrected chi connectivity index (χ0v) is 18.1. The molecule has 3 aliphatic rings.